The first-order valence-electron chi connectivity index (χ1n) is 6.75. The highest BCUT2D eigenvalue weighted by Gasteiger charge is 2.36. The minimum absolute atomic E-state index is 0.871. The van der Waals surface area contributed by atoms with Crippen LogP contribution in [0, 0.1) is 6.92 Å². The Kier molecular flexibility index (Phi) is 1.72. The Hall–Kier alpha value is -0.980. The average molecular weight is 213 g/mol. The lowest BCUT2D eigenvalue weighted by Crippen LogP contribution is -2.27. The van der Waals surface area contributed by atoms with Gasteiger partial charge in [0.1, 0.15) is 0 Å². The zero-order valence-electron chi connectivity index (χ0n) is 10.1. The lowest BCUT2D eigenvalue weighted by molar-refractivity contribution is 0.569. The summed E-state index contributed by atoms with van der Waals surface area (Å²) in [6, 6.07) is 2.50. The molecule has 2 aliphatic heterocycles. The standard InChI is InChI=1S/C15H19N/c1-10-8-11-4-2-5-12-9-16-7-3-6-13(10)15(16)14(11)12/h8,12H,2-7,9H2,1H3. The van der Waals surface area contributed by atoms with Crippen molar-refractivity contribution in [3.8, 4) is 0 Å². The number of hydrogen-bond donors (Lipinski definition) is 0. The molecule has 0 saturated carbocycles. The van der Waals surface area contributed by atoms with Gasteiger partial charge >= 0.3 is 0 Å². The van der Waals surface area contributed by atoms with Crippen LogP contribution in [0.5, 0.6) is 0 Å². The smallest absolute Gasteiger partial charge is 0.0440 e. The Morgan fingerprint density at radius 3 is 3.12 bits per heavy atom. The summed E-state index contributed by atoms with van der Waals surface area (Å²) in [7, 11) is 0. The lowest BCUT2D eigenvalue weighted by Gasteiger charge is -2.29. The van der Waals surface area contributed by atoms with Gasteiger partial charge in [0.25, 0.3) is 0 Å². The maximum atomic E-state index is 2.68. The third-order valence-corrected chi connectivity index (χ3v) is 4.77. The number of rotatable bonds is 0. The van der Waals surface area contributed by atoms with Crippen LogP contribution in [0.1, 0.15) is 47.4 Å². The summed E-state index contributed by atoms with van der Waals surface area (Å²) >= 11 is 0. The van der Waals surface area contributed by atoms with Gasteiger partial charge < -0.3 is 4.90 Å². The minimum atomic E-state index is 0.871. The molecule has 0 aromatic heterocycles. The molecule has 1 heteroatoms. The Morgan fingerprint density at radius 1 is 1.25 bits per heavy atom. The molecule has 1 aliphatic carbocycles. The summed E-state index contributed by atoms with van der Waals surface area (Å²) in [6.07, 6.45) is 6.84. The first-order valence-corrected chi connectivity index (χ1v) is 6.75. The van der Waals surface area contributed by atoms with Crippen molar-refractivity contribution in [1.29, 1.82) is 0 Å². The molecule has 0 bridgehead atoms. The van der Waals surface area contributed by atoms with Crippen LogP contribution < -0.4 is 4.90 Å². The monoisotopic (exact) mass is 213 g/mol. The van der Waals surface area contributed by atoms with Crippen LogP contribution in [0.4, 0.5) is 5.69 Å². The van der Waals surface area contributed by atoms with Crippen molar-refractivity contribution in [3.05, 3.63) is 28.3 Å². The highest BCUT2D eigenvalue weighted by molar-refractivity contribution is 5.71. The van der Waals surface area contributed by atoms with Gasteiger partial charge in [-0.15, -0.1) is 0 Å². The molecule has 0 spiro atoms. The SMILES string of the molecule is Cc1cc2c3c4c1CCCN4CC3CCC2. The van der Waals surface area contributed by atoms with Crippen molar-refractivity contribution < 1.29 is 0 Å². The third-order valence-electron chi connectivity index (χ3n) is 4.77. The van der Waals surface area contributed by atoms with Crippen molar-refractivity contribution in [2.45, 2.75) is 44.9 Å². The number of hydrogen-bond acceptors (Lipinski definition) is 1. The minimum Gasteiger partial charge on any atom is -0.370 e. The largest absolute Gasteiger partial charge is 0.370 e. The molecule has 0 radical (unpaired) electrons. The van der Waals surface area contributed by atoms with E-state index in [9.17, 15) is 0 Å². The highest BCUT2D eigenvalue weighted by atomic mass is 15.2. The van der Waals surface area contributed by atoms with E-state index in [-0.39, 0.29) is 0 Å². The molecular formula is C15H19N. The predicted molar refractivity (Wildman–Crippen MR) is 67.4 cm³/mol. The molecule has 0 saturated heterocycles. The first kappa shape index (κ1) is 9.09. The van der Waals surface area contributed by atoms with Crippen molar-refractivity contribution in [3.63, 3.8) is 0 Å². The van der Waals surface area contributed by atoms with E-state index in [1.54, 1.807) is 27.9 Å². The molecule has 0 amide bonds. The molecule has 0 N–H and O–H groups in total. The van der Waals surface area contributed by atoms with Gasteiger partial charge in [-0.25, -0.2) is 0 Å². The van der Waals surface area contributed by atoms with Crippen molar-refractivity contribution >= 4 is 5.69 Å². The molecule has 1 aromatic rings. The second kappa shape index (κ2) is 3.03. The number of aryl methyl sites for hydroxylation is 2. The summed E-state index contributed by atoms with van der Waals surface area (Å²) in [5, 5.41) is 0. The summed E-state index contributed by atoms with van der Waals surface area (Å²) in [5.41, 5.74) is 8.34. The van der Waals surface area contributed by atoms with Crippen molar-refractivity contribution in [2.75, 3.05) is 18.0 Å². The van der Waals surface area contributed by atoms with Crippen LogP contribution in [0.15, 0.2) is 6.07 Å². The fourth-order valence-electron chi connectivity index (χ4n) is 4.14. The molecule has 1 unspecified atom stereocenters. The Morgan fingerprint density at radius 2 is 2.19 bits per heavy atom. The zero-order chi connectivity index (χ0) is 10.7. The summed E-state index contributed by atoms with van der Waals surface area (Å²) in [4.78, 5) is 2.68. The molecule has 1 aromatic carbocycles. The van der Waals surface area contributed by atoms with Crippen molar-refractivity contribution in [2.24, 2.45) is 0 Å². The number of nitrogens with zero attached hydrogens (tertiary/aromatic N) is 1. The normalized spacial score (nSPS) is 25.8. The van der Waals surface area contributed by atoms with E-state index >= 15 is 0 Å². The number of anilines is 1. The van der Waals surface area contributed by atoms with Gasteiger partial charge in [-0.2, -0.15) is 0 Å². The molecular weight excluding hydrogens is 194 g/mol. The van der Waals surface area contributed by atoms with Gasteiger partial charge in [0.15, 0.2) is 0 Å². The van der Waals surface area contributed by atoms with Crippen LogP contribution in [0.25, 0.3) is 0 Å². The second-order valence-corrected chi connectivity index (χ2v) is 5.73. The fraction of sp³-hybridized carbons (Fsp3) is 0.600. The molecule has 16 heavy (non-hydrogen) atoms. The molecule has 2 heterocycles. The highest BCUT2D eigenvalue weighted by Crippen LogP contribution is 2.49. The van der Waals surface area contributed by atoms with Gasteiger partial charge in [-0.1, -0.05) is 6.07 Å². The summed E-state index contributed by atoms with van der Waals surface area (Å²) in [5.74, 6) is 0.871. The molecule has 3 aliphatic rings. The quantitative estimate of drug-likeness (QED) is 0.640. The van der Waals surface area contributed by atoms with Crippen LogP contribution in [-0.2, 0) is 12.8 Å². The van der Waals surface area contributed by atoms with Gasteiger partial charge in [-0.05, 0) is 61.3 Å². The summed E-state index contributed by atoms with van der Waals surface area (Å²) in [6.45, 7) is 4.94. The average Bonchev–Trinajstić information content (AvgIpc) is 2.67. The van der Waals surface area contributed by atoms with Crippen LogP contribution in [-0.4, -0.2) is 13.1 Å². The van der Waals surface area contributed by atoms with Crippen molar-refractivity contribution in [1.82, 2.24) is 0 Å². The molecule has 0 fully saturated rings. The zero-order valence-corrected chi connectivity index (χ0v) is 10.1. The Balaban J connectivity index is 2.03. The second-order valence-electron chi connectivity index (χ2n) is 5.73. The summed E-state index contributed by atoms with van der Waals surface area (Å²) < 4.78 is 0. The van der Waals surface area contributed by atoms with Crippen LogP contribution in [0.2, 0.25) is 0 Å². The van der Waals surface area contributed by atoms with E-state index in [4.69, 9.17) is 0 Å². The fourth-order valence-corrected chi connectivity index (χ4v) is 4.14. The predicted octanol–water partition coefficient (Wildman–Crippen LogP) is 3.18. The van der Waals surface area contributed by atoms with E-state index < -0.39 is 0 Å². The van der Waals surface area contributed by atoms with E-state index in [0.29, 0.717) is 0 Å². The van der Waals surface area contributed by atoms with Gasteiger partial charge in [0.2, 0.25) is 0 Å². The molecule has 4 rings (SSSR count). The van der Waals surface area contributed by atoms with Gasteiger partial charge in [-0.3, -0.25) is 0 Å². The maximum Gasteiger partial charge on any atom is 0.0440 e. The first-order chi connectivity index (χ1) is 7.84. The van der Waals surface area contributed by atoms with E-state index in [2.05, 4.69) is 17.9 Å². The maximum absolute atomic E-state index is 2.68. The van der Waals surface area contributed by atoms with Gasteiger partial charge in [0, 0.05) is 24.7 Å². The Bertz CT molecular complexity index is 461. The Labute approximate surface area is 97.5 Å². The van der Waals surface area contributed by atoms with Crippen LogP contribution in [0.3, 0.4) is 0 Å². The van der Waals surface area contributed by atoms with E-state index in [1.165, 1.54) is 45.2 Å². The molecule has 1 atom stereocenters. The topological polar surface area (TPSA) is 3.24 Å². The van der Waals surface area contributed by atoms with Gasteiger partial charge in [0.05, 0.1) is 0 Å². The van der Waals surface area contributed by atoms with E-state index in [0.717, 1.165) is 5.92 Å². The third kappa shape index (κ3) is 1.02. The van der Waals surface area contributed by atoms with E-state index in [1.807, 2.05) is 0 Å². The lowest BCUT2D eigenvalue weighted by atomic mass is 9.81. The van der Waals surface area contributed by atoms with Crippen LogP contribution >= 0.6 is 0 Å². The molecule has 84 valence electrons. The number of benzene rings is 1. The molecule has 1 nitrogen and oxygen atoms in total.